The van der Waals surface area contributed by atoms with Crippen LogP contribution in [0.25, 0.3) is 0 Å². The molecule has 4 rings (SSSR count). The first-order valence-corrected chi connectivity index (χ1v) is 12.0. The SMILES string of the molecule is CN[C@@H](C)C(=O)N[C@H](C(=O)N1Cc2ccccc2C1C(=O)Nc1c(F)cccc1F)C1CCOCC1. The third-order valence-electron chi connectivity index (χ3n) is 6.87. The van der Waals surface area contributed by atoms with Gasteiger partial charge in [-0.3, -0.25) is 14.4 Å². The average Bonchev–Trinajstić information content (AvgIpc) is 3.28. The molecule has 3 N–H and O–H groups in total. The fourth-order valence-electron chi connectivity index (χ4n) is 4.70. The molecule has 1 unspecified atom stereocenters. The number of anilines is 1. The summed E-state index contributed by atoms with van der Waals surface area (Å²) in [4.78, 5) is 41.5. The zero-order valence-corrected chi connectivity index (χ0v) is 20.2. The zero-order valence-electron chi connectivity index (χ0n) is 20.2. The molecular formula is C26H30F2N4O4. The molecule has 0 aromatic heterocycles. The summed E-state index contributed by atoms with van der Waals surface area (Å²) in [7, 11) is 1.65. The van der Waals surface area contributed by atoms with Gasteiger partial charge < -0.3 is 25.6 Å². The van der Waals surface area contributed by atoms with Crippen molar-refractivity contribution in [3.05, 3.63) is 65.2 Å². The molecule has 10 heteroatoms. The van der Waals surface area contributed by atoms with E-state index in [4.69, 9.17) is 4.74 Å². The van der Waals surface area contributed by atoms with Crippen LogP contribution in [0.4, 0.5) is 14.5 Å². The van der Waals surface area contributed by atoms with Crippen molar-refractivity contribution >= 4 is 23.4 Å². The van der Waals surface area contributed by atoms with Gasteiger partial charge in [-0.1, -0.05) is 30.3 Å². The van der Waals surface area contributed by atoms with E-state index in [-0.39, 0.29) is 18.4 Å². The summed E-state index contributed by atoms with van der Waals surface area (Å²) in [5.74, 6) is -3.52. The van der Waals surface area contributed by atoms with Crippen molar-refractivity contribution in [1.29, 1.82) is 0 Å². The maximum atomic E-state index is 14.3. The van der Waals surface area contributed by atoms with Crippen LogP contribution >= 0.6 is 0 Å². The molecule has 0 bridgehead atoms. The molecule has 3 amide bonds. The quantitative estimate of drug-likeness (QED) is 0.543. The van der Waals surface area contributed by atoms with E-state index >= 15 is 0 Å². The largest absolute Gasteiger partial charge is 0.381 e. The van der Waals surface area contributed by atoms with Crippen LogP contribution < -0.4 is 16.0 Å². The minimum atomic E-state index is -1.12. The van der Waals surface area contributed by atoms with Crippen molar-refractivity contribution in [2.24, 2.45) is 5.92 Å². The van der Waals surface area contributed by atoms with Gasteiger partial charge in [0.05, 0.1) is 6.04 Å². The number of hydrogen-bond acceptors (Lipinski definition) is 5. The fraction of sp³-hybridized carbons (Fsp3) is 0.423. The van der Waals surface area contributed by atoms with E-state index in [1.165, 1.54) is 11.0 Å². The fourth-order valence-corrected chi connectivity index (χ4v) is 4.70. The smallest absolute Gasteiger partial charge is 0.252 e. The Morgan fingerprint density at radius 3 is 2.36 bits per heavy atom. The molecule has 8 nitrogen and oxygen atoms in total. The van der Waals surface area contributed by atoms with Crippen LogP contribution in [0.15, 0.2) is 42.5 Å². The average molecular weight is 501 g/mol. The lowest BCUT2D eigenvalue weighted by atomic mass is 9.90. The van der Waals surface area contributed by atoms with Gasteiger partial charge in [-0.15, -0.1) is 0 Å². The number of ether oxygens (including phenoxy) is 1. The molecule has 0 aliphatic carbocycles. The number of carbonyl (C=O) groups is 3. The summed E-state index contributed by atoms with van der Waals surface area (Å²) in [6.07, 6.45) is 1.14. The van der Waals surface area contributed by atoms with Crippen molar-refractivity contribution < 1.29 is 27.9 Å². The van der Waals surface area contributed by atoms with Gasteiger partial charge in [-0.25, -0.2) is 8.78 Å². The Kier molecular flexibility index (Phi) is 7.95. The number of carbonyl (C=O) groups excluding carboxylic acids is 3. The summed E-state index contributed by atoms with van der Waals surface area (Å²) >= 11 is 0. The molecule has 0 saturated carbocycles. The van der Waals surface area contributed by atoms with Gasteiger partial charge in [-0.2, -0.15) is 0 Å². The van der Waals surface area contributed by atoms with E-state index in [1.807, 2.05) is 0 Å². The van der Waals surface area contributed by atoms with Crippen LogP contribution in [-0.2, 0) is 25.7 Å². The number of para-hydroxylation sites is 1. The van der Waals surface area contributed by atoms with Crippen LogP contribution in [0.1, 0.15) is 36.9 Å². The topological polar surface area (TPSA) is 99.8 Å². The third kappa shape index (κ3) is 5.24. The standard InChI is InChI=1S/C26H30F2N4O4/c1-15(29-2)24(33)30-21(16-10-12-36-13-11-16)26(35)32-14-17-6-3-4-7-18(17)23(32)25(34)31-22-19(27)8-5-9-20(22)28/h3-9,15-16,21,23,29H,10-14H2,1-2H3,(H,30,33)(H,31,34)/t15-,21-,23?/m0/s1. The highest BCUT2D eigenvalue weighted by molar-refractivity contribution is 6.00. The van der Waals surface area contributed by atoms with Gasteiger partial charge in [0.15, 0.2) is 0 Å². The van der Waals surface area contributed by atoms with Gasteiger partial charge in [0, 0.05) is 19.8 Å². The van der Waals surface area contributed by atoms with Crippen LogP contribution in [-0.4, -0.2) is 55.0 Å². The van der Waals surface area contributed by atoms with Crippen LogP contribution in [0, 0.1) is 17.6 Å². The van der Waals surface area contributed by atoms with Gasteiger partial charge in [0.25, 0.3) is 5.91 Å². The van der Waals surface area contributed by atoms with Gasteiger partial charge in [-0.05, 0) is 56.0 Å². The summed E-state index contributed by atoms with van der Waals surface area (Å²) < 4.78 is 34.0. The molecule has 2 aromatic carbocycles. The molecule has 2 aromatic rings. The third-order valence-corrected chi connectivity index (χ3v) is 6.87. The Hall–Kier alpha value is -3.37. The maximum Gasteiger partial charge on any atom is 0.252 e. The molecule has 1 saturated heterocycles. The summed E-state index contributed by atoms with van der Waals surface area (Å²) in [5.41, 5.74) is 0.748. The number of rotatable bonds is 7. The second-order valence-electron chi connectivity index (χ2n) is 9.10. The first-order valence-electron chi connectivity index (χ1n) is 12.0. The van der Waals surface area contributed by atoms with Crippen molar-refractivity contribution in [3.8, 4) is 0 Å². The van der Waals surface area contributed by atoms with E-state index in [1.54, 1.807) is 38.2 Å². The van der Waals surface area contributed by atoms with Gasteiger partial charge in [0.1, 0.15) is 29.4 Å². The Bertz CT molecular complexity index is 1120. The highest BCUT2D eigenvalue weighted by Gasteiger charge is 2.43. The predicted octanol–water partition coefficient (Wildman–Crippen LogP) is 2.51. The van der Waals surface area contributed by atoms with E-state index in [9.17, 15) is 23.2 Å². The normalized spacial score (nSPS) is 19.3. The van der Waals surface area contributed by atoms with Crippen molar-refractivity contribution in [1.82, 2.24) is 15.5 Å². The molecule has 2 heterocycles. The number of nitrogens with one attached hydrogen (secondary N) is 3. The number of halogens is 2. The summed E-state index contributed by atoms with van der Waals surface area (Å²) in [6.45, 7) is 2.74. The Labute approximate surface area is 208 Å². The maximum absolute atomic E-state index is 14.3. The second-order valence-corrected chi connectivity index (χ2v) is 9.10. The molecule has 3 atom stereocenters. The molecule has 192 valence electrons. The van der Waals surface area contributed by atoms with Crippen LogP contribution in [0.5, 0.6) is 0 Å². The molecule has 0 radical (unpaired) electrons. The molecule has 36 heavy (non-hydrogen) atoms. The van der Waals surface area contributed by atoms with E-state index < -0.39 is 47.3 Å². The van der Waals surface area contributed by atoms with E-state index in [0.29, 0.717) is 31.6 Å². The molecular weight excluding hydrogens is 470 g/mol. The minimum absolute atomic E-state index is 0.129. The molecule has 2 aliphatic rings. The number of hydrogen-bond donors (Lipinski definition) is 3. The minimum Gasteiger partial charge on any atom is -0.381 e. The lowest BCUT2D eigenvalue weighted by Gasteiger charge is -2.35. The first-order chi connectivity index (χ1) is 17.3. The monoisotopic (exact) mass is 500 g/mol. The Morgan fingerprint density at radius 1 is 1.03 bits per heavy atom. The zero-order chi connectivity index (χ0) is 25.8. The second kappa shape index (κ2) is 11.1. The van der Waals surface area contributed by atoms with E-state index in [2.05, 4.69) is 16.0 Å². The molecule has 0 spiro atoms. The number of likely N-dealkylation sites (N-methyl/N-ethyl adjacent to an activating group) is 1. The molecule has 2 aliphatic heterocycles. The van der Waals surface area contributed by atoms with Crippen LogP contribution in [0.3, 0.4) is 0 Å². The highest BCUT2D eigenvalue weighted by atomic mass is 19.1. The number of benzene rings is 2. The van der Waals surface area contributed by atoms with Crippen molar-refractivity contribution in [2.45, 2.75) is 44.4 Å². The predicted molar refractivity (Wildman–Crippen MR) is 129 cm³/mol. The number of fused-ring (bicyclic) bond motifs is 1. The Balaban J connectivity index is 1.66. The van der Waals surface area contributed by atoms with Gasteiger partial charge >= 0.3 is 0 Å². The van der Waals surface area contributed by atoms with Gasteiger partial charge in [0.2, 0.25) is 11.8 Å². The summed E-state index contributed by atoms with van der Waals surface area (Å²) in [6, 6.07) is 7.82. The lowest BCUT2D eigenvalue weighted by molar-refractivity contribution is -0.144. The van der Waals surface area contributed by atoms with E-state index in [0.717, 1.165) is 17.7 Å². The first kappa shape index (κ1) is 25.7. The summed E-state index contributed by atoms with van der Waals surface area (Å²) in [5, 5.41) is 8.06. The van der Waals surface area contributed by atoms with Crippen molar-refractivity contribution in [2.75, 3.05) is 25.6 Å². The molecule has 1 fully saturated rings. The van der Waals surface area contributed by atoms with Crippen molar-refractivity contribution in [3.63, 3.8) is 0 Å². The Morgan fingerprint density at radius 2 is 1.69 bits per heavy atom. The highest BCUT2D eigenvalue weighted by Crippen LogP contribution is 2.36. The number of amides is 3. The van der Waals surface area contributed by atoms with Crippen LogP contribution in [0.2, 0.25) is 0 Å². The lowest BCUT2D eigenvalue weighted by Crippen LogP contribution is -2.56. The number of nitrogens with zero attached hydrogens (tertiary/aromatic N) is 1.